The van der Waals surface area contributed by atoms with Crippen LogP contribution in [-0.2, 0) is 22.4 Å². The monoisotopic (exact) mass is 513 g/mol. The van der Waals surface area contributed by atoms with Crippen LogP contribution in [0.1, 0.15) is 56.2 Å². The second-order valence-corrected chi connectivity index (χ2v) is 10.2. The zero-order chi connectivity index (χ0) is 26.3. The van der Waals surface area contributed by atoms with Crippen LogP contribution in [0.25, 0.3) is 0 Å². The number of carboxylic acids is 1. The third-order valence-electron chi connectivity index (χ3n) is 7.97. The van der Waals surface area contributed by atoms with Crippen LogP contribution < -0.4 is 10.6 Å². The smallest absolute Gasteiger partial charge is 0.315 e. The number of carboxylic acid groups (broad SMARTS) is 1. The van der Waals surface area contributed by atoms with Crippen molar-refractivity contribution in [3.8, 4) is 0 Å². The number of carbonyl (C=O) groups excluding carboxylic acids is 2. The molecule has 2 heterocycles. The van der Waals surface area contributed by atoms with Gasteiger partial charge < -0.3 is 25.6 Å². The summed E-state index contributed by atoms with van der Waals surface area (Å²) in [6, 6.07) is 4.52. The highest BCUT2D eigenvalue weighted by Crippen LogP contribution is 2.46. The summed E-state index contributed by atoms with van der Waals surface area (Å²) in [7, 11) is 0. The third kappa shape index (κ3) is 6.67. The zero-order valence-electron chi connectivity index (χ0n) is 21.0. The predicted molar refractivity (Wildman–Crippen MR) is 135 cm³/mol. The number of likely N-dealkylation sites (tertiary alicyclic amines) is 1. The molecule has 200 valence electrons. The molecule has 1 aromatic carbocycles. The van der Waals surface area contributed by atoms with Gasteiger partial charge in [-0.25, -0.2) is 14.2 Å². The van der Waals surface area contributed by atoms with E-state index in [-0.39, 0.29) is 24.1 Å². The standard InChI is InChI=1S/C27H36FN5O4/c28-21-8-6-19(7-9-21)16-23(32-26(37)30-13-10-22-17-29-18-31-22)24(34)33-14-11-27(12-15-33,25(35)36)20-4-2-1-3-5-20/h6-9,17-18,20,23H,1-5,10-16H2,(H,29,31)(H,35,36)(H2,30,32,37). The number of halogens is 1. The van der Waals surface area contributed by atoms with E-state index >= 15 is 0 Å². The van der Waals surface area contributed by atoms with E-state index in [4.69, 9.17) is 0 Å². The Morgan fingerprint density at radius 3 is 2.46 bits per heavy atom. The fraction of sp³-hybridized carbons (Fsp3) is 0.556. The third-order valence-corrected chi connectivity index (χ3v) is 7.97. The van der Waals surface area contributed by atoms with Gasteiger partial charge in [-0.1, -0.05) is 31.4 Å². The van der Waals surface area contributed by atoms with E-state index in [1.807, 2.05) is 0 Å². The highest BCUT2D eigenvalue weighted by Gasteiger charge is 2.48. The van der Waals surface area contributed by atoms with Crippen LogP contribution in [-0.4, -0.2) is 63.6 Å². The van der Waals surface area contributed by atoms with Crippen LogP contribution in [0.3, 0.4) is 0 Å². The number of amides is 3. The molecule has 1 saturated carbocycles. The lowest BCUT2D eigenvalue weighted by molar-refractivity contribution is -0.160. The number of urea groups is 1. The van der Waals surface area contributed by atoms with Gasteiger partial charge in [0, 0.05) is 44.4 Å². The molecule has 0 radical (unpaired) electrons. The summed E-state index contributed by atoms with van der Waals surface area (Å²) in [5.74, 6) is -1.25. The second kappa shape index (κ2) is 12.2. The number of benzene rings is 1. The molecule has 4 N–H and O–H groups in total. The number of hydrogen-bond acceptors (Lipinski definition) is 4. The number of carbonyl (C=O) groups is 3. The maximum absolute atomic E-state index is 13.6. The number of hydrogen-bond donors (Lipinski definition) is 4. The summed E-state index contributed by atoms with van der Waals surface area (Å²) in [6.07, 6.45) is 9.96. The van der Waals surface area contributed by atoms with Crippen LogP contribution in [0.4, 0.5) is 9.18 Å². The first kappa shape index (κ1) is 26.6. The van der Waals surface area contributed by atoms with Crippen molar-refractivity contribution in [1.29, 1.82) is 0 Å². The highest BCUT2D eigenvalue weighted by molar-refractivity contribution is 5.87. The second-order valence-electron chi connectivity index (χ2n) is 10.2. The Balaban J connectivity index is 1.40. The van der Waals surface area contributed by atoms with Crippen molar-refractivity contribution in [2.75, 3.05) is 19.6 Å². The molecule has 1 atom stereocenters. The minimum Gasteiger partial charge on any atom is -0.481 e. The highest BCUT2D eigenvalue weighted by atomic mass is 19.1. The Labute approximate surface area is 216 Å². The number of H-pyrrole nitrogens is 1. The Hall–Kier alpha value is -3.43. The average molecular weight is 514 g/mol. The largest absolute Gasteiger partial charge is 0.481 e. The molecule has 2 aliphatic rings. The van der Waals surface area contributed by atoms with E-state index in [1.165, 1.54) is 12.1 Å². The van der Waals surface area contributed by atoms with E-state index < -0.39 is 23.5 Å². The summed E-state index contributed by atoms with van der Waals surface area (Å²) in [6.45, 7) is 1.03. The Bertz CT molecular complexity index is 1050. The van der Waals surface area contributed by atoms with Crippen molar-refractivity contribution >= 4 is 17.9 Å². The number of imidazole rings is 1. The van der Waals surface area contributed by atoms with E-state index in [9.17, 15) is 23.9 Å². The van der Waals surface area contributed by atoms with Gasteiger partial charge in [-0.2, -0.15) is 0 Å². The Morgan fingerprint density at radius 2 is 1.84 bits per heavy atom. The minimum atomic E-state index is -0.857. The van der Waals surface area contributed by atoms with Crippen molar-refractivity contribution < 1.29 is 23.9 Å². The van der Waals surface area contributed by atoms with E-state index in [2.05, 4.69) is 20.6 Å². The normalized spacial score (nSPS) is 18.7. The molecule has 1 aliphatic heterocycles. The molecule has 2 aromatic rings. The number of piperidine rings is 1. The first-order chi connectivity index (χ1) is 17.9. The van der Waals surface area contributed by atoms with Crippen molar-refractivity contribution in [3.63, 3.8) is 0 Å². The molecule has 1 aliphatic carbocycles. The van der Waals surface area contributed by atoms with Crippen LogP contribution >= 0.6 is 0 Å². The Kier molecular flexibility index (Phi) is 8.78. The average Bonchev–Trinajstić information content (AvgIpc) is 3.43. The summed E-state index contributed by atoms with van der Waals surface area (Å²) in [5, 5.41) is 15.7. The van der Waals surface area contributed by atoms with E-state index in [0.29, 0.717) is 38.9 Å². The molecule has 1 saturated heterocycles. The number of nitrogens with zero attached hydrogens (tertiary/aromatic N) is 2. The first-order valence-corrected chi connectivity index (χ1v) is 13.2. The van der Waals surface area contributed by atoms with Gasteiger partial charge in [0.1, 0.15) is 11.9 Å². The molecule has 10 heteroatoms. The van der Waals surface area contributed by atoms with E-state index in [1.54, 1.807) is 29.6 Å². The van der Waals surface area contributed by atoms with Gasteiger partial charge >= 0.3 is 12.0 Å². The fourth-order valence-corrected chi connectivity index (χ4v) is 5.80. The van der Waals surface area contributed by atoms with Crippen molar-refractivity contribution in [2.24, 2.45) is 11.3 Å². The van der Waals surface area contributed by atoms with Gasteiger partial charge in [-0.05, 0) is 49.3 Å². The maximum Gasteiger partial charge on any atom is 0.315 e. The molecule has 0 spiro atoms. The van der Waals surface area contributed by atoms with Crippen molar-refractivity contribution in [2.45, 2.75) is 63.8 Å². The van der Waals surface area contributed by atoms with Gasteiger partial charge in [0.05, 0.1) is 11.7 Å². The predicted octanol–water partition coefficient (Wildman–Crippen LogP) is 3.28. The molecular formula is C27H36FN5O4. The lowest BCUT2D eigenvalue weighted by atomic mass is 9.64. The van der Waals surface area contributed by atoms with Crippen LogP contribution in [0.5, 0.6) is 0 Å². The summed E-state index contributed by atoms with van der Waals surface area (Å²) >= 11 is 0. The SMILES string of the molecule is O=C(NCCc1cnc[nH]1)NC(Cc1ccc(F)cc1)C(=O)N1CCC(C(=O)O)(C2CCCCC2)CC1. The molecule has 4 rings (SSSR count). The molecule has 2 fully saturated rings. The summed E-state index contributed by atoms with van der Waals surface area (Å²) < 4.78 is 13.4. The van der Waals surface area contributed by atoms with Gasteiger partial charge in [-0.3, -0.25) is 9.59 Å². The lowest BCUT2D eigenvalue weighted by Gasteiger charge is -2.45. The minimum absolute atomic E-state index is 0.143. The number of aliphatic carboxylic acids is 1. The van der Waals surface area contributed by atoms with Crippen molar-refractivity contribution in [3.05, 3.63) is 53.9 Å². The van der Waals surface area contributed by atoms with Gasteiger partial charge in [-0.15, -0.1) is 0 Å². The molecule has 1 aromatic heterocycles. The maximum atomic E-state index is 13.6. The van der Waals surface area contributed by atoms with Gasteiger partial charge in [0.15, 0.2) is 0 Å². The van der Waals surface area contributed by atoms with Crippen LogP contribution in [0, 0.1) is 17.2 Å². The summed E-state index contributed by atoms with van der Waals surface area (Å²) in [5.41, 5.74) is 0.810. The summed E-state index contributed by atoms with van der Waals surface area (Å²) in [4.78, 5) is 47.2. The molecule has 1 unspecified atom stereocenters. The van der Waals surface area contributed by atoms with Gasteiger partial charge in [0.2, 0.25) is 5.91 Å². The molecule has 0 bridgehead atoms. The van der Waals surface area contributed by atoms with Gasteiger partial charge in [0.25, 0.3) is 0 Å². The lowest BCUT2D eigenvalue weighted by Crippen LogP contribution is -2.56. The first-order valence-electron chi connectivity index (χ1n) is 13.2. The van der Waals surface area contributed by atoms with Crippen molar-refractivity contribution in [1.82, 2.24) is 25.5 Å². The van der Waals surface area contributed by atoms with Crippen LogP contribution in [0.2, 0.25) is 0 Å². The quantitative estimate of drug-likeness (QED) is 0.409. The zero-order valence-corrected chi connectivity index (χ0v) is 21.0. The number of nitrogens with one attached hydrogen (secondary N) is 3. The fourth-order valence-electron chi connectivity index (χ4n) is 5.80. The number of rotatable bonds is 9. The molecular weight excluding hydrogens is 477 g/mol. The van der Waals surface area contributed by atoms with E-state index in [0.717, 1.165) is 43.4 Å². The molecule has 9 nitrogen and oxygen atoms in total. The van der Waals surface area contributed by atoms with Crippen LogP contribution in [0.15, 0.2) is 36.8 Å². The molecule has 37 heavy (non-hydrogen) atoms. The number of aromatic nitrogens is 2. The number of aromatic amines is 1. The topological polar surface area (TPSA) is 127 Å². The molecule has 3 amide bonds. The Morgan fingerprint density at radius 1 is 1.14 bits per heavy atom.